The average Bonchev–Trinajstić information content (AvgIpc) is 2.74. The highest BCUT2D eigenvalue weighted by molar-refractivity contribution is 8.00. The Morgan fingerprint density at radius 2 is 1.97 bits per heavy atom. The fourth-order valence-corrected chi connectivity index (χ4v) is 5.43. The third kappa shape index (κ3) is 4.27. The van der Waals surface area contributed by atoms with Gasteiger partial charge in [0.15, 0.2) is 0 Å². The van der Waals surface area contributed by atoms with Crippen molar-refractivity contribution in [3.8, 4) is 0 Å². The smallest absolute Gasteiger partial charge is 0.251 e. The van der Waals surface area contributed by atoms with E-state index in [1.165, 1.54) is 12.0 Å². The molecule has 2 aliphatic rings. The summed E-state index contributed by atoms with van der Waals surface area (Å²) >= 11 is 1.55. The van der Waals surface area contributed by atoms with E-state index >= 15 is 0 Å². The molecular weight excluding hydrogens is 392 g/mol. The molecule has 0 saturated heterocycles. The molecule has 1 fully saturated rings. The lowest BCUT2D eigenvalue weighted by atomic mass is 9.78. The van der Waals surface area contributed by atoms with Gasteiger partial charge in [0.05, 0.1) is 18.0 Å². The fourth-order valence-electron chi connectivity index (χ4n) is 4.51. The second-order valence-corrected chi connectivity index (χ2v) is 9.74. The van der Waals surface area contributed by atoms with E-state index < -0.39 is 0 Å². The standard InChI is InChI=1S/C25H30N2O2S/c1-16-8-6-10-21(18(16)3)26-25(29)19-11-12-23-22(13-19)27(24(28)15-30-23)14-20-9-5-4-7-17(20)2/h4-5,7,9,11-13,16,18,21H,6,8,10,14-15H2,1-3H3,(H,26,29)/t16-,18-,21+/m0/s1. The third-order valence-corrected chi connectivity index (χ3v) is 7.82. The Balaban J connectivity index is 1.58. The number of hydrogen-bond donors (Lipinski definition) is 1. The van der Waals surface area contributed by atoms with Crippen molar-refractivity contribution < 1.29 is 9.59 Å². The zero-order valence-corrected chi connectivity index (χ0v) is 18.8. The highest BCUT2D eigenvalue weighted by Gasteiger charge is 2.30. The number of nitrogens with one attached hydrogen (secondary N) is 1. The molecular formula is C25H30N2O2S. The molecule has 2 amide bonds. The van der Waals surface area contributed by atoms with Gasteiger partial charge in [-0.15, -0.1) is 11.8 Å². The first-order valence-corrected chi connectivity index (χ1v) is 11.8. The number of benzene rings is 2. The summed E-state index contributed by atoms with van der Waals surface area (Å²) in [6, 6.07) is 14.1. The van der Waals surface area contributed by atoms with Crippen molar-refractivity contribution in [2.45, 2.75) is 57.5 Å². The first-order chi connectivity index (χ1) is 14.4. The van der Waals surface area contributed by atoms with Crippen LogP contribution >= 0.6 is 11.8 Å². The minimum atomic E-state index is -0.0392. The Kier molecular flexibility index (Phi) is 6.19. The Hall–Kier alpha value is -2.27. The number of nitrogens with zero attached hydrogens (tertiary/aromatic N) is 1. The SMILES string of the molecule is Cc1ccccc1CN1C(=O)CSc2ccc(C(=O)N[C@@H]3CCC[C@H](C)[C@@H]3C)cc21. The van der Waals surface area contributed by atoms with Crippen molar-refractivity contribution in [2.75, 3.05) is 10.7 Å². The summed E-state index contributed by atoms with van der Waals surface area (Å²) in [5.74, 6) is 1.59. The van der Waals surface area contributed by atoms with Crippen LogP contribution in [-0.2, 0) is 11.3 Å². The molecule has 0 radical (unpaired) electrons. The van der Waals surface area contributed by atoms with Crippen LogP contribution in [0.4, 0.5) is 5.69 Å². The van der Waals surface area contributed by atoms with Gasteiger partial charge < -0.3 is 10.2 Å². The first-order valence-electron chi connectivity index (χ1n) is 10.9. The fraction of sp³-hybridized carbons (Fsp3) is 0.440. The number of carbonyl (C=O) groups is 2. The van der Waals surface area contributed by atoms with Crippen LogP contribution in [0.2, 0.25) is 0 Å². The molecule has 4 nitrogen and oxygen atoms in total. The number of amides is 2. The van der Waals surface area contributed by atoms with Gasteiger partial charge in [-0.05, 0) is 54.5 Å². The molecule has 1 N–H and O–H groups in total. The first kappa shape index (κ1) is 21.0. The van der Waals surface area contributed by atoms with E-state index in [1.54, 1.807) is 11.8 Å². The Morgan fingerprint density at radius 1 is 1.17 bits per heavy atom. The Morgan fingerprint density at radius 3 is 2.77 bits per heavy atom. The van der Waals surface area contributed by atoms with Crippen LogP contribution in [0.1, 0.15) is 54.6 Å². The average molecular weight is 423 g/mol. The van der Waals surface area contributed by atoms with E-state index in [1.807, 2.05) is 35.2 Å². The predicted molar refractivity (Wildman–Crippen MR) is 123 cm³/mol. The Bertz CT molecular complexity index is 958. The van der Waals surface area contributed by atoms with Crippen LogP contribution in [-0.4, -0.2) is 23.6 Å². The largest absolute Gasteiger partial charge is 0.349 e. The van der Waals surface area contributed by atoms with E-state index in [9.17, 15) is 9.59 Å². The number of thioether (sulfide) groups is 1. The van der Waals surface area contributed by atoms with Gasteiger partial charge >= 0.3 is 0 Å². The van der Waals surface area contributed by atoms with Gasteiger partial charge in [0.25, 0.3) is 5.91 Å². The molecule has 0 unspecified atom stereocenters. The van der Waals surface area contributed by atoms with E-state index in [-0.39, 0.29) is 17.9 Å². The molecule has 2 aromatic rings. The molecule has 0 spiro atoms. The van der Waals surface area contributed by atoms with Gasteiger partial charge in [-0.1, -0.05) is 51.0 Å². The normalized spacial score (nSPS) is 23.8. The maximum absolute atomic E-state index is 13.0. The molecule has 0 bridgehead atoms. The van der Waals surface area contributed by atoms with E-state index in [2.05, 4.69) is 38.2 Å². The molecule has 2 aromatic carbocycles. The summed E-state index contributed by atoms with van der Waals surface area (Å²) in [5, 5.41) is 3.26. The summed E-state index contributed by atoms with van der Waals surface area (Å²) in [6.07, 6.45) is 3.44. The van der Waals surface area contributed by atoms with Crippen molar-refractivity contribution in [3.63, 3.8) is 0 Å². The van der Waals surface area contributed by atoms with Crippen LogP contribution in [0.15, 0.2) is 47.4 Å². The van der Waals surface area contributed by atoms with Crippen LogP contribution < -0.4 is 10.2 Å². The second-order valence-electron chi connectivity index (χ2n) is 8.72. The summed E-state index contributed by atoms with van der Waals surface area (Å²) in [7, 11) is 0. The molecule has 4 rings (SSSR count). The molecule has 0 aromatic heterocycles. The molecule has 1 heterocycles. The summed E-state index contributed by atoms with van der Waals surface area (Å²) in [5.41, 5.74) is 3.77. The number of rotatable bonds is 4. The van der Waals surface area contributed by atoms with Gasteiger partial charge in [0.1, 0.15) is 0 Å². The molecule has 1 saturated carbocycles. The quantitative estimate of drug-likeness (QED) is 0.738. The van der Waals surface area contributed by atoms with Crippen molar-refractivity contribution in [3.05, 3.63) is 59.2 Å². The minimum absolute atomic E-state index is 0.0392. The zero-order chi connectivity index (χ0) is 21.3. The lowest BCUT2D eigenvalue weighted by Crippen LogP contribution is -2.43. The van der Waals surface area contributed by atoms with Gasteiger partial charge in [0, 0.05) is 16.5 Å². The highest BCUT2D eigenvalue weighted by atomic mass is 32.2. The maximum atomic E-state index is 13.0. The molecule has 5 heteroatoms. The van der Waals surface area contributed by atoms with Crippen LogP contribution in [0.5, 0.6) is 0 Å². The van der Waals surface area contributed by atoms with E-state index in [0.29, 0.717) is 29.7 Å². The van der Waals surface area contributed by atoms with E-state index in [4.69, 9.17) is 0 Å². The van der Waals surface area contributed by atoms with Gasteiger partial charge in [-0.25, -0.2) is 0 Å². The van der Waals surface area contributed by atoms with E-state index in [0.717, 1.165) is 29.0 Å². The van der Waals surface area contributed by atoms with Gasteiger partial charge in [-0.3, -0.25) is 9.59 Å². The second kappa shape index (κ2) is 8.84. The van der Waals surface area contributed by atoms with Crippen LogP contribution in [0.3, 0.4) is 0 Å². The molecule has 3 atom stereocenters. The van der Waals surface area contributed by atoms with Crippen molar-refractivity contribution >= 4 is 29.3 Å². The molecule has 1 aliphatic heterocycles. The number of carbonyl (C=O) groups excluding carboxylic acids is 2. The maximum Gasteiger partial charge on any atom is 0.251 e. The summed E-state index contributed by atoms with van der Waals surface area (Å²) in [4.78, 5) is 28.7. The monoisotopic (exact) mass is 422 g/mol. The summed E-state index contributed by atoms with van der Waals surface area (Å²) in [6.45, 7) is 7.10. The Labute approximate surface area is 183 Å². The number of aryl methyl sites for hydroxylation is 1. The lowest BCUT2D eigenvalue weighted by Gasteiger charge is -2.34. The molecule has 30 heavy (non-hydrogen) atoms. The summed E-state index contributed by atoms with van der Waals surface area (Å²) < 4.78 is 0. The lowest BCUT2D eigenvalue weighted by molar-refractivity contribution is -0.116. The van der Waals surface area contributed by atoms with Gasteiger partial charge in [0.2, 0.25) is 5.91 Å². The topological polar surface area (TPSA) is 49.4 Å². The minimum Gasteiger partial charge on any atom is -0.349 e. The number of anilines is 1. The van der Waals surface area contributed by atoms with Crippen LogP contribution in [0, 0.1) is 18.8 Å². The van der Waals surface area contributed by atoms with Gasteiger partial charge in [-0.2, -0.15) is 0 Å². The van der Waals surface area contributed by atoms with Crippen molar-refractivity contribution in [1.29, 1.82) is 0 Å². The van der Waals surface area contributed by atoms with Crippen molar-refractivity contribution in [2.24, 2.45) is 11.8 Å². The predicted octanol–water partition coefficient (Wildman–Crippen LogP) is 5.19. The zero-order valence-electron chi connectivity index (χ0n) is 18.0. The highest BCUT2D eigenvalue weighted by Crippen LogP contribution is 2.37. The molecule has 158 valence electrons. The number of fused-ring (bicyclic) bond motifs is 1. The van der Waals surface area contributed by atoms with Crippen molar-refractivity contribution in [1.82, 2.24) is 5.32 Å². The van der Waals surface area contributed by atoms with Crippen LogP contribution in [0.25, 0.3) is 0 Å². The third-order valence-electron chi connectivity index (χ3n) is 6.78. The number of hydrogen-bond acceptors (Lipinski definition) is 3. The molecule has 1 aliphatic carbocycles.